The number of Topliss-reactive ketones (excluding diaryl/α,β-unsaturated/α-hetero) is 1. The summed E-state index contributed by atoms with van der Waals surface area (Å²) in [4.78, 5) is 22.6. The van der Waals surface area contributed by atoms with Crippen molar-refractivity contribution in [1.82, 2.24) is 0 Å². The number of alkyl halides is 1. The fraction of sp³-hybridized carbons (Fsp3) is 0.429. The molecule has 0 bridgehead atoms. The molecule has 1 amide bonds. The highest BCUT2D eigenvalue weighted by Gasteiger charge is 2.12. The van der Waals surface area contributed by atoms with Gasteiger partial charge in [0.05, 0.1) is 11.8 Å². The van der Waals surface area contributed by atoms with Gasteiger partial charge in [-0.25, -0.2) is 0 Å². The van der Waals surface area contributed by atoms with Gasteiger partial charge in [0.1, 0.15) is 11.4 Å². The van der Waals surface area contributed by atoms with E-state index < -0.39 is 0 Å². The van der Waals surface area contributed by atoms with Crippen LogP contribution in [0.2, 0.25) is 0 Å². The molecule has 0 unspecified atom stereocenters. The van der Waals surface area contributed by atoms with Crippen molar-refractivity contribution in [2.45, 2.75) is 32.8 Å². The molecule has 0 saturated carbocycles. The molecule has 4 nitrogen and oxygen atoms in total. The summed E-state index contributed by atoms with van der Waals surface area (Å²) in [6.45, 7) is 5.90. The Balaban J connectivity index is 2.57. The lowest BCUT2D eigenvalue weighted by Crippen LogP contribution is -2.22. The van der Waals surface area contributed by atoms with Crippen LogP contribution in [0.5, 0.6) is 5.75 Å². The standard InChI is InChI=1S/C14H18BrNO3/c1-14(2,3)19-12-6-4-10(5-7-12)16-13(18)8-11(17)9-15/h4-7H,8-9H2,1-3H3,(H,16,18). The zero-order valence-electron chi connectivity index (χ0n) is 11.3. The quantitative estimate of drug-likeness (QED) is 0.667. The van der Waals surface area contributed by atoms with Gasteiger partial charge in [0.25, 0.3) is 0 Å². The molecule has 0 aliphatic rings. The molecule has 5 heteroatoms. The van der Waals surface area contributed by atoms with Crippen molar-refractivity contribution < 1.29 is 14.3 Å². The van der Waals surface area contributed by atoms with Gasteiger partial charge in [-0.05, 0) is 45.0 Å². The molecule has 0 spiro atoms. The Bertz CT molecular complexity index is 449. The highest BCUT2D eigenvalue weighted by atomic mass is 79.9. The van der Waals surface area contributed by atoms with E-state index in [1.54, 1.807) is 24.3 Å². The molecule has 0 radical (unpaired) electrons. The summed E-state index contributed by atoms with van der Waals surface area (Å²) >= 11 is 3.02. The molecule has 0 atom stereocenters. The first-order chi connectivity index (χ1) is 8.80. The normalized spacial score (nSPS) is 10.9. The van der Waals surface area contributed by atoms with Crippen molar-refractivity contribution in [3.8, 4) is 5.75 Å². The molecule has 0 aliphatic heterocycles. The van der Waals surface area contributed by atoms with E-state index in [4.69, 9.17) is 4.74 Å². The SMILES string of the molecule is CC(C)(C)Oc1ccc(NC(=O)CC(=O)CBr)cc1. The number of ether oxygens (including phenoxy) is 1. The van der Waals surface area contributed by atoms with Gasteiger partial charge >= 0.3 is 0 Å². The first-order valence-corrected chi connectivity index (χ1v) is 7.09. The second-order valence-corrected chi connectivity index (χ2v) is 5.70. The van der Waals surface area contributed by atoms with Crippen molar-refractivity contribution in [2.24, 2.45) is 0 Å². The first kappa shape index (κ1) is 15.7. The Morgan fingerprint density at radius 2 is 1.79 bits per heavy atom. The maximum absolute atomic E-state index is 11.5. The molecule has 19 heavy (non-hydrogen) atoms. The molecular formula is C14H18BrNO3. The highest BCUT2D eigenvalue weighted by molar-refractivity contribution is 9.09. The summed E-state index contributed by atoms with van der Waals surface area (Å²) in [6, 6.07) is 7.06. The number of carbonyl (C=O) groups is 2. The molecule has 0 saturated heterocycles. The van der Waals surface area contributed by atoms with E-state index in [0.29, 0.717) is 5.69 Å². The molecule has 104 valence electrons. The van der Waals surface area contributed by atoms with Crippen LogP contribution in [0.3, 0.4) is 0 Å². The van der Waals surface area contributed by atoms with E-state index in [1.807, 2.05) is 20.8 Å². The van der Waals surface area contributed by atoms with Crippen molar-refractivity contribution in [2.75, 3.05) is 10.6 Å². The Morgan fingerprint density at radius 3 is 2.26 bits per heavy atom. The largest absolute Gasteiger partial charge is 0.488 e. The minimum absolute atomic E-state index is 0.120. The number of carbonyl (C=O) groups excluding carboxylic acids is 2. The Kier molecular flexibility index (Phi) is 5.54. The van der Waals surface area contributed by atoms with Crippen LogP contribution in [0.1, 0.15) is 27.2 Å². The van der Waals surface area contributed by atoms with Crippen molar-refractivity contribution in [3.05, 3.63) is 24.3 Å². The summed E-state index contributed by atoms with van der Waals surface area (Å²) in [7, 11) is 0. The van der Waals surface area contributed by atoms with E-state index in [1.165, 1.54) is 0 Å². The number of nitrogens with one attached hydrogen (secondary N) is 1. The molecule has 0 heterocycles. The van der Waals surface area contributed by atoms with Gasteiger partial charge in [-0.2, -0.15) is 0 Å². The first-order valence-electron chi connectivity index (χ1n) is 5.97. The monoisotopic (exact) mass is 327 g/mol. The van der Waals surface area contributed by atoms with Crippen LogP contribution in [0.4, 0.5) is 5.69 Å². The summed E-state index contributed by atoms with van der Waals surface area (Å²) in [5.41, 5.74) is 0.390. The Morgan fingerprint density at radius 1 is 1.21 bits per heavy atom. The number of hydrogen-bond donors (Lipinski definition) is 1. The maximum atomic E-state index is 11.5. The van der Waals surface area contributed by atoms with Gasteiger partial charge in [0.2, 0.25) is 5.91 Å². The summed E-state index contributed by atoms with van der Waals surface area (Å²) in [6.07, 6.45) is -0.120. The number of rotatable bonds is 5. The van der Waals surface area contributed by atoms with Crippen LogP contribution < -0.4 is 10.1 Å². The van der Waals surface area contributed by atoms with Gasteiger partial charge in [0.15, 0.2) is 5.78 Å². The molecule has 1 aromatic rings. The third kappa shape index (κ3) is 6.38. The highest BCUT2D eigenvalue weighted by Crippen LogP contribution is 2.20. The van der Waals surface area contributed by atoms with Gasteiger partial charge in [-0.3, -0.25) is 9.59 Å². The predicted octanol–water partition coefficient (Wildman–Crippen LogP) is 3.16. The minimum atomic E-state index is -0.311. The molecule has 1 N–H and O–H groups in total. The third-order valence-corrected chi connectivity index (χ3v) is 2.69. The summed E-state index contributed by atoms with van der Waals surface area (Å²) in [5.74, 6) is 0.279. The van der Waals surface area contributed by atoms with Crippen LogP contribution in [-0.2, 0) is 9.59 Å². The lowest BCUT2D eigenvalue weighted by Gasteiger charge is -2.21. The van der Waals surface area contributed by atoms with E-state index >= 15 is 0 Å². The van der Waals surface area contributed by atoms with Crippen LogP contribution in [0, 0.1) is 0 Å². The van der Waals surface area contributed by atoms with Gasteiger partial charge in [-0.15, -0.1) is 0 Å². The predicted molar refractivity (Wildman–Crippen MR) is 78.9 cm³/mol. The number of anilines is 1. The average Bonchev–Trinajstić information content (AvgIpc) is 2.29. The second kappa shape index (κ2) is 6.70. The van der Waals surface area contributed by atoms with Crippen molar-refractivity contribution in [1.29, 1.82) is 0 Å². The fourth-order valence-corrected chi connectivity index (χ4v) is 1.59. The lowest BCUT2D eigenvalue weighted by atomic mass is 10.2. The Labute approximate surface area is 121 Å². The van der Waals surface area contributed by atoms with Crippen LogP contribution in [0.15, 0.2) is 24.3 Å². The van der Waals surface area contributed by atoms with Gasteiger partial charge in [-0.1, -0.05) is 15.9 Å². The topological polar surface area (TPSA) is 55.4 Å². The number of ketones is 1. The fourth-order valence-electron chi connectivity index (χ4n) is 1.39. The van der Waals surface area contributed by atoms with Crippen molar-refractivity contribution >= 4 is 33.3 Å². The van der Waals surface area contributed by atoms with E-state index in [-0.39, 0.29) is 29.0 Å². The molecule has 0 aromatic heterocycles. The molecular weight excluding hydrogens is 310 g/mol. The van der Waals surface area contributed by atoms with E-state index in [2.05, 4.69) is 21.2 Å². The molecule has 0 aliphatic carbocycles. The number of halogens is 1. The maximum Gasteiger partial charge on any atom is 0.231 e. The van der Waals surface area contributed by atoms with E-state index in [0.717, 1.165) is 5.75 Å². The smallest absolute Gasteiger partial charge is 0.231 e. The summed E-state index contributed by atoms with van der Waals surface area (Å²) in [5, 5.41) is 2.85. The van der Waals surface area contributed by atoms with Crippen molar-refractivity contribution in [3.63, 3.8) is 0 Å². The average molecular weight is 328 g/mol. The third-order valence-electron chi connectivity index (χ3n) is 2.07. The number of amides is 1. The van der Waals surface area contributed by atoms with Crippen LogP contribution in [-0.4, -0.2) is 22.6 Å². The zero-order chi connectivity index (χ0) is 14.5. The second-order valence-electron chi connectivity index (χ2n) is 5.14. The Hall–Kier alpha value is -1.36. The molecule has 1 rings (SSSR count). The summed E-state index contributed by atoms with van der Waals surface area (Å²) < 4.78 is 5.67. The lowest BCUT2D eigenvalue weighted by molar-refractivity contribution is -0.123. The molecule has 1 aromatic carbocycles. The van der Waals surface area contributed by atoms with Gasteiger partial charge < -0.3 is 10.1 Å². The van der Waals surface area contributed by atoms with E-state index in [9.17, 15) is 9.59 Å². The van der Waals surface area contributed by atoms with Crippen LogP contribution in [0.25, 0.3) is 0 Å². The van der Waals surface area contributed by atoms with Crippen LogP contribution >= 0.6 is 15.9 Å². The van der Waals surface area contributed by atoms with Gasteiger partial charge in [0, 0.05) is 5.69 Å². The number of benzene rings is 1. The number of hydrogen-bond acceptors (Lipinski definition) is 3. The minimum Gasteiger partial charge on any atom is -0.488 e. The zero-order valence-corrected chi connectivity index (χ0v) is 12.9. The molecule has 0 fully saturated rings.